The van der Waals surface area contributed by atoms with Crippen LogP contribution in [0.1, 0.15) is 47.4 Å². The standard InChI is InChI=1S/C16H20N2O/c1-2-15-14(8-9-19-15)16(18-17)13-7-6-11-4-3-5-12(11)10-13/h6-10,16,18H,2-5,17H2,1H3. The lowest BCUT2D eigenvalue weighted by Crippen LogP contribution is -2.29. The molecule has 0 saturated carbocycles. The van der Waals surface area contributed by atoms with Gasteiger partial charge in [0.05, 0.1) is 12.3 Å². The van der Waals surface area contributed by atoms with Gasteiger partial charge in [0.15, 0.2) is 0 Å². The van der Waals surface area contributed by atoms with Crippen LogP contribution in [0.25, 0.3) is 0 Å². The Hall–Kier alpha value is -1.58. The van der Waals surface area contributed by atoms with E-state index in [1.165, 1.54) is 36.0 Å². The predicted octanol–water partition coefficient (Wildman–Crippen LogP) is 2.88. The van der Waals surface area contributed by atoms with Gasteiger partial charge in [0.1, 0.15) is 5.76 Å². The summed E-state index contributed by atoms with van der Waals surface area (Å²) in [6, 6.07) is 8.74. The summed E-state index contributed by atoms with van der Waals surface area (Å²) >= 11 is 0. The zero-order chi connectivity index (χ0) is 13.2. The van der Waals surface area contributed by atoms with Crippen LogP contribution in [-0.4, -0.2) is 0 Å². The van der Waals surface area contributed by atoms with Crippen LogP contribution >= 0.6 is 0 Å². The van der Waals surface area contributed by atoms with Gasteiger partial charge < -0.3 is 4.42 Å². The van der Waals surface area contributed by atoms with Gasteiger partial charge in [-0.3, -0.25) is 5.84 Å². The van der Waals surface area contributed by atoms with E-state index in [0.29, 0.717) is 0 Å². The van der Waals surface area contributed by atoms with Gasteiger partial charge in [-0.1, -0.05) is 25.1 Å². The number of hydrogen-bond acceptors (Lipinski definition) is 3. The van der Waals surface area contributed by atoms with Crippen molar-refractivity contribution in [2.75, 3.05) is 0 Å². The number of hydrogen-bond donors (Lipinski definition) is 2. The number of furan rings is 1. The third-order valence-corrected chi connectivity index (χ3v) is 4.03. The van der Waals surface area contributed by atoms with E-state index in [1.54, 1.807) is 6.26 Å². The van der Waals surface area contributed by atoms with Crippen molar-refractivity contribution in [2.45, 2.75) is 38.6 Å². The zero-order valence-electron chi connectivity index (χ0n) is 11.3. The summed E-state index contributed by atoms with van der Waals surface area (Å²) < 4.78 is 5.52. The van der Waals surface area contributed by atoms with Gasteiger partial charge in [-0.15, -0.1) is 0 Å². The molecule has 100 valence electrons. The highest BCUT2D eigenvalue weighted by Gasteiger charge is 2.20. The average molecular weight is 256 g/mol. The lowest BCUT2D eigenvalue weighted by molar-refractivity contribution is 0.502. The molecule has 3 heteroatoms. The number of nitrogens with two attached hydrogens (primary N) is 1. The van der Waals surface area contributed by atoms with Gasteiger partial charge >= 0.3 is 0 Å². The minimum absolute atomic E-state index is 0.0135. The van der Waals surface area contributed by atoms with Crippen LogP contribution in [0, 0.1) is 0 Å². The second kappa shape index (κ2) is 5.19. The maximum Gasteiger partial charge on any atom is 0.108 e. The number of nitrogens with one attached hydrogen (secondary N) is 1. The Labute approximate surface area is 113 Å². The fourth-order valence-electron chi connectivity index (χ4n) is 3.03. The molecule has 1 aromatic carbocycles. The fraction of sp³-hybridized carbons (Fsp3) is 0.375. The fourth-order valence-corrected chi connectivity index (χ4v) is 3.03. The molecule has 1 unspecified atom stereocenters. The Morgan fingerprint density at radius 3 is 2.89 bits per heavy atom. The molecule has 1 aliphatic carbocycles. The second-order valence-electron chi connectivity index (χ2n) is 5.13. The van der Waals surface area contributed by atoms with Gasteiger partial charge in [-0.2, -0.15) is 0 Å². The topological polar surface area (TPSA) is 51.2 Å². The molecule has 0 radical (unpaired) electrons. The molecule has 1 atom stereocenters. The maximum atomic E-state index is 5.77. The van der Waals surface area contributed by atoms with Crippen molar-refractivity contribution in [3.8, 4) is 0 Å². The second-order valence-corrected chi connectivity index (χ2v) is 5.13. The van der Waals surface area contributed by atoms with E-state index in [9.17, 15) is 0 Å². The van der Waals surface area contributed by atoms with Crippen LogP contribution in [0.3, 0.4) is 0 Å². The van der Waals surface area contributed by atoms with Gasteiger partial charge in [0.2, 0.25) is 0 Å². The van der Waals surface area contributed by atoms with Crippen molar-refractivity contribution in [1.82, 2.24) is 5.43 Å². The molecule has 0 bridgehead atoms. The number of aryl methyl sites for hydroxylation is 3. The zero-order valence-corrected chi connectivity index (χ0v) is 11.3. The SMILES string of the molecule is CCc1occc1C(NN)c1ccc2c(c1)CCC2. The molecule has 0 amide bonds. The summed E-state index contributed by atoms with van der Waals surface area (Å²) in [7, 11) is 0. The highest BCUT2D eigenvalue weighted by molar-refractivity contribution is 5.40. The van der Waals surface area contributed by atoms with E-state index in [2.05, 4.69) is 30.5 Å². The van der Waals surface area contributed by atoms with Crippen LogP contribution in [0.5, 0.6) is 0 Å². The van der Waals surface area contributed by atoms with Crippen LogP contribution in [-0.2, 0) is 19.3 Å². The summed E-state index contributed by atoms with van der Waals surface area (Å²) in [6.07, 6.45) is 6.29. The van der Waals surface area contributed by atoms with Gasteiger partial charge in [0, 0.05) is 12.0 Å². The molecule has 0 fully saturated rings. The minimum atomic E-state index is 0.0135. The lowest BCUT2D eigenvalue weighted by atomic mass is 9.96. The first-order chi connectivity index (χ1) is 9.33. The Morgan fingerprint density at radius 2 is 2.11 bits per heavy atom. The van der Waals surface area contributed by atoms with Crippen LogP contribution in [0.4, 0.5) is 0 Å². The molecule has 0 aliphatic heterocycles. The molecule has 0 spiro atoms. The molecular weight excluding hydrogens is 236 g/mol. The third-order valence-electron chi connectivity index (χ3n) is 4.03. The molecular formula is C16H20N2O. The Bertz CT molecular complexity index is 574. The first-order valence-electron chi connectivity index (χ1n) is 6.97. The molecule has 19 heavy (non-hydrogen) atoms. The quantitative estimate of drug-likeness (QED) is 0.653. The first kappa shape index (κ1) is 12.5. The smallest absolute Gasteiger partial charge is 0.108 e. The van der Waals surface area contributed by atoms with Crippen molar-refractivity contribution in [1.29, 1.82) is 0 Å². The molecule has 0 saturated heterocycles. The van der Waals surface area contributed by atoms with E-state index in [0.717, 1.165) is 17.7 Å². The monoisotopic (exact) mass is 256 g/mol. The van der Waals surface area contributed by atoms with Crippen molar-refractivity contribution in [3.05, 3.63) is 58.5 Å². The molecule has 1 aromatic heterocycles. The highest BCUT2D eigenvalue weighted by atomic mass is 16.3. The Morgan fingerprint density at radius 1 is 1.26 bits per heavy atom. The number of rotatable bonds is 4. The van der Waals surface area contributed by atoms with Crippen LogP contribution in [0.15, 0.2) is 34.9 Å². The average Bonchev–Trinajstić information content (AvgIpc) is 3.07. The van der Waals surface area contributed by atoms with Gasteiger partial charge in [-0.05, 0) is 42.0 Å². The predicted molar refractivity (Wildman–Crippen MR) is 75.7 cm³/mol. The molecule has 3 N–H and O–H groups in total. The lowest BCUT2D eigenvalue weighted by Gasteiger charge is -2.17. The summed E-state index contributed by atoms with van der Waals surface area (Å²) in [5.41, 5.74) is 8.25. The van der Waals surface area contributed by atoms with Gasteiger partial charge in [0.25, 0.3) is 0 Å². The summed E-state index contributed by atoms with van der Waals surface area (Å²) in [4.78, 5) is 0. The Balaban J connectivity index is 1.98. The summed E-state index contributed by atoms with van der Waals surface area (Å²) in [5, 5.41) is 0. The molecule has 3 rings (SSSR count). The van der Waals surface area contributed by atoms with E-state index in [-0.39, 0.29) is 6.04 Å². The van der Waals surface area contributed by atoms with Crippen molar-refractivity contribution >= 4 is 0 Å². The van der Waals surface area contributed by atoms with Gasteiger partial charge in [-0.25, -0.2) is 5.43 Å². The van der Waals surface area contributed by atoms with E-state index >= 15 is 0 Å². The minimum Gasteiger partial charge on any atom is -0.469 e. The van der Waals surface area contributed by atoms with Crippen molar-refractivity contribution < 1.29 is 4.42 Å². The normalized spacial score (nSPS) is 15.5. The van der Waals surface area contributed by atoms with Crippen LogP contribution in [0.2, 0.25) is 0 Å². The van der Waals surface area contributed by atoms with E-state index < -0.39 is 0 Å². The molecule has 1 heterocycles. The summed E-state index contributed by atoms with van der Waals surface area (Å²) in [5.74, 6) is 6.78. The number of hydrazine groups is 1. The van der Waals surface area contributed by atoms with Crippen molar-refractivity contribution in [3.63, 3.8) is 0 Å². The highest BCUT2D eigenvalue weighted by Crippen LogP contribution is 2.30. The third kappa shape index (κ3) is 2.20. The largest absolute Gasteiger partial charge is 0.469 e. The Kier molecular flexibility index (Phi) is 3.40. The van der Waals surface area contributed by atoms with E-state index in [1.807, 2.05) is 6.07 Å². The summed E-state index contributed by atoms with van der Waals surface area (Å²) in [6.45, 7) is 2.10. The number of fused-ring (bicyclic) bond motifs is 1. The van der Waals surface area contributed by atoms with E-state index in [4.69, 9.17) is 10.3 Å². The molecule has 2 aromatic rings. The maximum absolute atomic E-state index is 5.77. The first-order valence-corrected chi connectivity index (χ1v) is 6.97. The van der Waals surface area contributed by atoms with Crippen molar-refractivity contribution in [2.24, 2.45) is 5.84 Å². The van der Waals surface area contributed by atoms with Crippen LogP contribution < -0.4 is 11.3 Å². The molecule has 3 nitrogen and oxygen atoms in total. The number of benzene rings is 1. The molecule has 1 aliphatic rings.